The van der Waals surface area contributed by atoms with E-state index in [-0.39, 0.29) is 4.87 Å². The Balaban J connectivity index is 2.00. The van der Waals surface area contributed by atoms with Gasteiger partial charge in [-0.15, -0.1) is 11.8 Å². The van der Waals surface area contributed by atoms with Crippen molar-refractivity contribution < 1.29 is 4.74 Å². The van der Waals surface area contributed by atoms with Crippen LogP contribution in [0.15, 0.2) is 0 Å². The molecule has 2 aliphatic rings. The van der Waals surface area contributed by atoms with E-state index in [1.807, 2.05) is 11.8 Å². The van der Waals surface area contributed by atoms with Crippen LogP contribution in [0.1, 0.15) is 19.8 Å². The SMILES string of the molecule is CC1CCSC2(CCOC2)N1. The highest BCUT2D eigenvalue weighted by molar-refractivity contribution is 8.00. The van der Waals surface area contributed by atoms with Gasteiger partial charge in [0, 0.05) is 19.1 Å². The quantitative estimate of drug-likeness (QED) is 0.595. The van der Waals surface area contributed by atoms with Crippen molar-refractivity contribution in [1.82, 2.24) is 5.32 Å². The lowest BCUT2D eigenvalue weighted by Gasteiger charge is -2.36. The molecule has 2 aliphatic heterocycles. The first-order chi connectivity index (χ1) is 5.31. The van der Waals surface area contributed by atoms with Crippen LogP contribution in [0.2, 0.25) is 0 Å². The number of hydrogen-bond donors (Lipinski definition) is 1. The van der Waals surface area contributed by atoms with Gasteiger partial charge in [-0.3, -0.25) is 5.32 Å². The van der Waals surface area contributed by atoms with E-state index in [9.17, 15) is 0 Å². The molecule has 11 heavy (non-hydrogen) atoms. The number of thioether (sulfide) groups is 1. The maximum atomic E-state index is 5.40. The predicted octanol–water partition coefficient (Wildman–Crippen LogP) is 1.22. The summed E-state index contributed by atoms with van der Waals surface area (Å²) in [5.41, 5.74) is 0. The third kappa shape index (κ3) is 1.55. The molecule has 2 unspecified atom stereocenters. The Hall–Kier alpha value is 0.270. The van der Waals surface area contributed by atoms with E-state index in [4.69, 9.17) is 4.74 Å². The molecule has 2 saturated heterocycles. The van der Waals surface area contributed by atoms with Gasteiger partial charge in [0.15, 0.2) is 0 Å². The van der Waals surface area contributed by atoms with Crippen molar-refractivity contribution in [3.05, 3.63) is 0 Å². The number of rotatable bonds is 0. The molecule has 2 atom stereocenters. The van der Waals surface area contributed by atoms with Crippen molar-refractivity contribution in [2.24, 2.45) is 0 Å². The third-order valence-corrected chi connectivity index (χ3v) is 3.86. The second kappa shape index (κ2) is 2.96. The van der Waals surface area contributed by atoms with Gasteiger partial charge in [-0.05, 0) is 19.1 Å². The van der Waals surface area contributed by atoms with Crippen LogP contribution in [0.4, 0.5) is 0 Å². The molecular weight excluding hydrogens is 158 g/mol. The van der Waals surface area contributed by atoms with Crippen LogP contribution in [0.3, 0.4) is 0 Å². The highest BCUT2D eigenvalue weighted by Gasteiger charge is 2.38. The van der Waals surface area contributed by atoms with Gasteiger partial charge in [-0.2, -0.15) is 0 Å². The van der Waals surface area contributed by atoms with Crippen LogP contribution in [0, 0.1) is 0 Å². The van der Waals surface area contributed by atoms with Crippen LogP contribution < -0.4 is 5.32 Å². The van der Waals surface area contributed by atoms with Gasteiger partial charge in [0.1, 0.15) is 0 Å². The van der Waals surface area contributed by atoms with E-state index in [0.29, 0.717) is 6.04 Å². The second-order valence-electron chi connectivity index (χ2n) is 3.48. The van der Waals surface area contributed by atoms with E-state index < -0.39 is 0 Å². The van der Waals surface area contributed by atoms with Gasteiger partial charge in [-0.25, -0.2) is 0 Å². The van der Waals surface area contributed by atoms with Crippen LogP contribution in [0.25, 0.3) is 0 Å². The molecule has 2 nitrogen and oxygen atoms in total. The Morgan fingerprint density at radius 2 is 2.55 bits per heavy atom. The van der Waals surface area contributed by atoms with Crippen molar-refractivity contribution in [3.63, 3.8) is 0 Å². The first-order valence-corrected chi connectivity index (χ1v) is 5.29. The standard InChI is InChI=1S/C8H15NOS/c1-7-2-5-11-8(9-7)3-4-10-6-8/h7,9H,2-6H2,1H3. The van der Waals surface area contributed by atoms with Gasteiger partial charge in [0.2, 0.25) is 0 Å². The number of nitrogens with one attached hydrogen (secondary N) is 1. The maximum Gasteiger partial charge on any atom is 0.0905 e. The van der Waals surface area contributed by atoms with E-state index in [1.54, 1.807) is 0 Å². The van der Waals surface area contributed by atoms with Crippen LogP contribution in [0.5, 0.6) is 0 Å². The minimum absolute atomic E-state index is 0.289. The highest BCUT2D eigenvalue weighted by Crippen LogP contribution is 2.35. The summed E-state index contributed by atoms with van der Waals surface area (Å²) in [6.45, 7) is 4.11. The monoisotopic (exact) mass is 173 g/mol. The number of ether oxygens (including phenoxy) is 1. The predicted molar refractivity (Wildman–Crippen MR) is 47.8 cm³/mol. The van der Waals surface area contributed by atoms with E-state index >= 15 is 0 Å². The molecule has 0 radical (unpaired) electrons. The molecule has 2 heterocycles. The molecule has 0 aromatic heterocycles. The van der Waals surface area contributed by atoms with Crippen molar-refractivity contribution in [1.29, 1.82) is 0 Å². The van der Waals surface area contributed by atoms with E-state index in [1.165, 1.54) is 18.6 Å². The lowest BCUT2D eigenvalue weighted by molar-refractivity contribution is 0.182. The fourth-order valence-corrected chi connectivity index (χ4v) is 3.31. The summed E-state index contributed by atoms with van der Waals surface area (Å²) < 4.78 is 5.40. The summed E-state index contributed by atoms with van der Waals surface area (Å²) in [4.78, 5) is 0.289. The molecule has 2 fully saturated rings. The minimum atomic E-state index is 0.289. The lowest BCUT2D eigenvalue weighted by atomic mass is 10.2. The molecule has 0 aromatic carbocycles. The molecular formula is C8H15NOS. The second-order valence-corrected chi connectivity index (χ2v) is 4.96. The Kier molecular flexibility index (Phi) is 2.12. The topological polar surface area (TPSA) is 21.3 Å². The van der Waals surface area contributed by atoms with E-state index in [2.05, 4.69) is 12.2 Å². The maximum absolute atomic E-state index is 5.40. The summed E-state index contributed by atoms with van der Waals surface area (Å²) in [5, 5.41) is 3.63. The fraction of sp³-hybridized carbons (Fsp3) is 1.00. The van der Waals surface area contributed by atoms with Crippen molar-refractivity contribution in [2.75, 3.05) is 19.0 Å². The van der Waals surface area contributed by atoms with Gasteiger partial charge in [0.05, 0.1) is 11.5 Å². The zero-order chi connectivity index (χ0) is 7.73. The Bertz CT molecular complexity index is 145. The average molecular weight is 173 g/mol. The van der Waals surface area contributed by atoms with Crippen LogP contribution >= 0.6 is 11.8 Å². The normalized spacial score (nSPS) is 45.0. The molecule has 0 saturated carbocycles. The highest BCUT2D eigenvalue weighted by atomic mass is 32.2. The van der Waals surface area contributed by atoms with Gasteiger partial charge in [0.25, 0.3) is 0 Å². The molecule has 0 amide bonds. The molecule has 3 heteroatoms. The van der Waals surface area contributed by atoms with Gasteiger partial charge < -0.3 is 4.74 Å². The molecule has 0 aliphatic carbocycles. The lowest BCUT2D eigenvalue weighted by Crippen LogP contribution is -2.50. The molecule has 0 bridgehead atoms. The minimum Gasteiger partial charge on any atom is -0.379 e. The van der Waals surface area contributed by atoms with Crippen molar-refractivity contribution in [3.8, 4) is 0 Å². The number of hydrogen-bond acceptors (Lipinski definition) is 3. The fourth-order valence-electron chi connectivity index (χ4n) is 1.77. The van der Waals surface area contributed by atoms with Crippen molar-refractivity contribution in [2.45, 2.75) is 30.7 Å². The van der Waals surface area contributed by atoms with Crippen LogP contribution in [-0.2, 0) is 4.74 Å². The third-order valence-electron chi connectivity index (χ3n) is 2.42. The molecule has 1 spiro atoms. The van der Waals surface area contributed by atoms with E-state index in [0.717, 1.165) is 13.2 Å². The largest absolute Gasteiger partial charge is 0.379 e. The van der Waals surface area contributed by atoms with Gasteiger partial charge in [-0.1, -0.05) is 0 Å². The Morgan fingerprint density at radius 3 is 3.18 bits per heavy atom. The summed E-state index contributed by atoms with van der Waals surface area (Å²) in [6, 6.07) is 0.679. The zero-order valence-electron chi connectivity index (χ0n) is 6.93. The molecule has 1 N–H and O–H groups in total. The molecule has 0 aromatic rings. The molecule has 2 rings (SSSR count). The summed E-state index contributed by atoms with van der Waals surface area (Å²) in [5.74, 6) is 1.29. The average Bonchev–Trinajstić information content (AvgIpc) is 2.37. The first kappa shape index (κ1) is 7.90. The summed E-state index contributed by atoms with van der Waals surface area (Å²) >= 11 is 2.04. The van der Waals surface area contributed by atoms with Crippen molar-refractivity contribution >= 4 is 11.8 Å². The Morgan fingerprint density at radius 1 is 1.64 bits per heavy atom. The summed E-state index contributed by atoms with van der Waals surface area (Å²) in [6.07, 6.45) is 2.48. The summed E-state index contributed by atoms with van der Waals surface area (Å²) in [7, 11) is 0. The van der Waals surface area contributed by atoms with Crippen LogP contribution in [-0.4, -0.2) is 29.9 Å². The smallest absolute Gasteiger partial charge is 0.0905 e. The first-order valence-electron chi connectivity index (χ1n) is 4.30. The zero-order valence-corrected chi connectivity index (χ0v) is 7.75. The molecule has 64 valence electrons. The Labute approximate surface area is 72.1 Å². The van der Waals surface area contributed by atoms with Gasteiger partial charge >= 0.3 is 0 Å².